The van der Waals surface area contributed by atoms with Gasteiger partial charge in [-0.15, -0.1) is 0 Å². The molecule has 0 spiro atoms. The summed E-state index contributed by atoms with van der Waals surface area (Å²) in [6.45, 7) is 2.59. The SMILES string of the molecule is CC12CCC(=O)N1c1cc3ccccc3cc1CO2. The number of hydrogen-bond acceptors (Lipinski definition) is 2. The van der Waals surface area contributed by atoms with Crippen molar-refractivity contribution in [2.24, 2.45) is 0 Å². The Balaban J connectivity index is 1.97. The van der Waals surface area contributed by atoms with E-state index < -0.39 is 5.72 Å². The Morgan fingerprint density at radius 3 is 2.74 bits per heavy atom. The minimum Gasteiger partial charge on any atom is -0.351 e. The van der Waals surface area contributed by atoms with Gasteiger partial charge in [-0.25, -0.2) is 0 Å². The molecule has 96 valence electrons. The molecule has 0 N–H and O–H groups in total. The Kier molecular flexibility index (Phi) is 2.07. The highest BCUT2D eigenvalue weighted by Crippen LogP contribution is 2.43. The Labute approximate surface area is 111 Å². The number of fused-ring (bicyclic) bond motifs is 4. The lowest BCUT2D eigenvalue weighted by atomic mass is 10.0. The van der Waals surface area contributed by atoms with Crippen molar-refractivity contribution in [3.63, 3.8) is 0 Å². The average Bonchev–Trinajstić information content (AvgIpc) is 2.73. The van der Waals surface area contributed by atoms with Gasteiger partial charge >= 0.3 is 0 Å². The number of carbonyl (C=O) groups excluding carboxylic acids is 1. The summed E-state index contributed by atoms with van der Waals surface area (Å²) >= 11 is 0. The zero-order valence-electron chi connectivity index (χ0n) is 10.8. The molecule has 0 saturated carbocycles. The van der Waals surface area contributed by atoms with Crippen LogP contribution >= 0.6 is 0 Å². The number of anilines is 1. The molecule has 2 aromatic rings. The zero-order valence-corrected chi connectivity index (χ0v) is 10.8. The van der Waals surface area contributed by atoms with Crippen molar-refractivity contribution < 1.29 is 9.53 Å². The van der Waals surface area contributed by atoms with Crippen molar-refractivity contribution in [1.29, 1.82) is 0 Å². The van der Waals surface area contributed by atoms with Crippen LogP contribution in [0.3, 0.4) is 0 Å². The Bertz CT molecular complexity index is 694. The van der Waals surface area contributed by atoms with Crippen LogP contribution < -0.4 is 4.90 Å². The van der Waals surface area contributed by atoms with Crippen molar-refractivity contribution in [3.8, 4) is 0 Å². The predicted octanol–water partition coefficient (Wildman–Crippen LogP) is 3.21. The number of amides is 1. The molecule has 19 heavy (non-hydrogen) atoms. The maximum atomic E-state index is 12.2. The Hall–Kier alpha value is -1.87. The van der Waals surface area contributed by atoms with E-state index in [1.165, 1.54) is 10.8 Å². The van der Waals surface area contributed by atoms with E-state index in [1.807, 2.05) is 24.0 Å². The first kappa shape index (κ1) is 11.0. The van der Waals surface area contributed by atoms with E-state index in [0.717, 1.165) is 17.7 Å². The average molecular weight is 253 g/mol. The standard InChI is InChI=1S/C16H15NO2/c1-16-7-6-15(18)17(16)14-9-12-5-3-2-4-11(12)8-13(14)10-19-16/h2-5,8-9H,6-7,10H2,1H3. The number of benzene rings is 2. The van der Waals surface area contributed by atoms with Gasteiger partial charge in [-0.3, -0.25) is 9.69 Å². The normalized spacial score (nSPS) is 25.5. The monoisotopic (exact) mass is 253 g/mol. The predicted molar refractivity (Wildman–Crippen MR) is 73.9 cm³/mol. The molecule has 3 heteroatoms. The second-order valence-electron chi connectivity index (χ2n) is 5.52. The highest BCUT2D eigenvalue weighted by Gasteiger charge is 2.46. The second kappa shape index (κ2) is 3.58. The smallest absolute Gasteiger partial charge is 0.229 e. The molecule has 1 atom stereocenters. The fourth-order valence-corrected chi connectivity index (χ4v) is 3.18. The molecule has 4 rings (SSSR count). The summed E-state index contributed by atoms with van der Waals surface area (Å²) in [5, 5.41) is 2.37. The summed E-state index contributed by atoms with van der Waals surface area (Å²) in [5.41, 5.74) is 1.67. The summed E-state index contributed by atoms with van der Waals surface area (Å²) in [5.74, 6) is 0.165. The third-order valence-electron chi connectivity index (χ3n) is 4.25. The van der Waals surface area contributed by atoms with E-state index in [0.29, 0.717) is 13.0 Å². The van der Waals surface area contributed by atoms with Crippen LogP contribution in [0.25, 0.3) is 10.8 Å². The largest absolute Gasteiger partial charge is 0.351 e. The lowest BCUT2D eigenvalue weighted by Crippen LogP contribution is -2.48. The fourth-order valence-electron chi connectivity index (χ4n) is 3.18. The molecule has 2 aliphatic heterocycles. The van der Waals surface area contributed by atoms with Crippen molar-refractivity contribution >= 4 is 22.4 Å². The summed E-state index contributed by atoms with van der Waals surface area (Å²) < 4.78 is 5.94. The molecule has 0 aromatic heterocycles. The highest BCUT2D eigenvalue weighted by molar-refractivity contribution is 6.00. The minimum absolute atomic E-state index is 0.165. The molecule has 2 aromatic carbocycles. The second-order valence-corrected chi connectivity index (χ2v) is 5.52. The quantitative estimate of drug-likeness (QED) is 0.721. The number of rotatable bonds is 0. The van der Waals surface area contributed by atoms with Crippen molar-refractivity contribution in [2.45, 2.75) is 32.1 Å². The molecule has 0 bridgehead atoms. The van der Waals surface area contributed by atoms with E-state index in [2.05, 4.69) is 24.3 Å². The van der Waals surface area contributed by atoms with Crippen LogP contribution in [0.4, 0.5) is 5.69 Å². The van der Waals surface area contributed by atoms with Gasteiger partial charge in [0.05, 0.1) is 12.3 Å². The zero-order chi connectivity index (χ0) is 13.0. The van der Waals surface area contributed by atoms with Gasteiger partial charge in [0, 0.05) is 18.4 Å². The molecule has 1 fully saturated rings. The number of carbonyl (C=O) groups is 1. The van der Waals surface area contributed by atoms with Crippen molar-refractivity contribution in [1.82, 2.24) is 0 Å². The Morgan fingerprint density at radius 2 is 1.95 bits per heavy atom. The Morgan fingerprint density at radius 1 is 1.21 bits per heavy atom. The lowest BCUT2D eigenvalue weighted by molar-refractivity contribution is -0.120. The van der Waals surface area contributed by atoms with E-state index in [1.54, 1.807) is 0 Å². The molecule has 2 aliphatic rings. The molecule has 1 amide bonds. The van der Waals surface area contributed by atoms with Crippen LogP contribution in [0.2, 0.25) is 0 Å². The summed E-state index contributed by atoms with van der Waals surface area (Å²) in [6, 6.07) is 12.5. The molecule has 0 radical (unpaired) electrons. The summed E-state index contributed by atoms with van der Waals surface area (Å²) in [7, 11) is 0. The summed E-state index contributed by atoms with van der Waals surface area (Å²) in [6.07, 6.45) is 1.35. The maximum absolute atomic E-state index is 12.2. The van der Waals surface area contributed by atoms with Gasteiger partial charge in [0.25, 0.3) is 0 Å². The maximum Gasteiger partial charge on any atom is 0.229 e. The first-order chi connectivity index (χ1) is 9.17. The lowest BCUT2D eigenvalue weighted by Gasteiger charge is -2.40. The minimum atomic E-state index is -0.452. The first-order valence-electron chi connectivity index (χ1n) is 6.66. The van der Waals surface area contributed by atoms with Crippen LogP contribution in [0.1, 0.15) is 25.3 Å². The topological polar surface area (TPSA) is 29.5 Å². The van der Waals surface area contributed by atoms with E-state index in [4.69, 9.17) is 4.74 Å². The van der Waals surface area contributed by atoms with Crippen LogP contribution in [-0.4, -0.2) is 11.6 Å². The number of hydrogen-bond donors (Lipinski definition) is 0. The summed E-state index contributed by atoms with van der Waals surface area (Å²) in [4.78, 5) is 14.0. The third-order valence-corrected chi connectivity index (χ3v) is 4.25. The van der Waals surface area contributed by atoms with E-state index in [9.17, 15) is 4.79 Å². The number of ether oxygens (including phenoxy) is 1. The molecule has 1 saturated heterocycles. The highest BCUT2D eigenvalue weighted by atomic mass is 16.5. The molecule has 3 nitrogen and oxygen atoms in total. The van der Waals surface area contributed by atoms with Gasteiger partial charge in [0.2, 0.25) is 5.91 Å². The molecular weight excluding hydrogens is 238 g/mol. The molecular formula is C16H15NO2. The van der Waals surface area contributed by atoms with Gasteiger partial charge in [-0.1, -0.05) is 24.3 Å². The molecule has 2 heterocycles. The van der Waals surface area contributed by atoms with Gasteiger partial charge in [-0.2, -0.15) is 0 Å². The number of nitrogens with zero attached hydrogens (tertiary/aromatic N) is 1. The molecule has 0 aliphatic carbocycles. The fraction of sp³-hybridized carbons (Fsp3) is 0.312. The van der Waals surface area contributed by atoms with Crippen LogP contribution in [0, 0.1) is 0 Å². The van der Waals surface area contributed by atoms with Crippen molar-refractivity contribution in [2.75, 3.05) is 4.90 Å². The van der Waals surface area contributed by atoms with Crippen LogP contribution in [0.15, 0.2) is 36.4 Å². The van der Waals surface area contributed by atoms with Gasteiger partial charge in [0.15, 0.2) is 0 Å². The third kappa shape index (κ3) is 1.45. The van der Waals surface area contributed by atoms with Crippen molar-refractivity contribution in [3.05, 3.63) is 42.0 Å². The van der Waals surface area contributed by atoms with Crippen LogP contribution in [0.5, 0.6) is 0 Å². The van der Waals surface area contributed by atoms with E-state index in [-0.39, 0.29) is 5.91 Å². The van der Waals surface area contributed by atoms with Gasteiger partial charge in [0.1, 0.15) is 5.72 Å². The first-order valence-corrected chi connectivity index (χ1v) is 6.66. The molecule has 1 unspecified atom stereocenters. The van der Waals surface area contributed by atoms with Crippen LogP contribution in [-0.2, 0) is 16.1 Å². The van der Waals surface area contributed by atoms with E-state index >= 15 is 0 Å². The van der Waals surface area contributed by atoms with Gasteiger partial charge < -0.3 is 4.74 Å². The van der Waals surface area contributed by atoms with Gasteiger partial charge in [-0.05, 0) is 29.8 Å².